The first kappa shape index (κ1) is 29.9. The predicted octanol–water partition coefficient (Wildman–Crippen LogP) is 4.28. The van der Waals surface area contributed by atoms with E-state index in [4.69, 9.17) is 24.9 Å². The van der Waals surface area contributed by atoms with E-state index in [1.165, 1.54) is 19.3 Å². The minimum atomic E-state index is -4.67. The number of hydrogen-bond donors (Lipinski definition) is 4. The Hall–Kier alpha value is -1.06. The van der Waals surface area contributed by atoms with Gasteiger partial charge >= 0.3 is 13.8 Å². The molecular weight excluding hydrogens is 427 g/mol. The van der Waals surface area contributed by atoms with Gasteiger partial charge in [-0.2, -0.15) is 0 Å². The average Bonchev–Trinajstić information content (AvgIpc) is 2.73. The predicted molar refractivity (Wildman–Crippen MR) is 117 cm³/mol. The Morgan fingerprint density at radius 3 is 2.32 bits per heavy atom. The molecule has 0 amide bonds. The summed E-state index contributed by atoms with van der Waals surface area (Å²) in [4.78, 5) is 33.4. The van der Waals surface area contributed by atoms with Crippen LogP contribution in [0.5, 0.6) is 0 Å². The lowest BCUT2D eigenvalue weighted by molar-refractivity contribution is -0.264. The summed E-state index contributed by atoms with van der Waals surface area (Å²) < 4.78 is 19.8. The van der Waals surface area contributed by atoms with E-state index < -0.39 is 33.1 Å². The van der Waals surface area contributed by atoms with E-state index in [2.05, 4.69) is 22.4 Å². The van der Waals surface area contributed by atoms with Gasteiger partial charge in [-0.15, -0.1) is 0 Å². The standard InChI is InChI=1S/C21H39O9P/c1-2-3-4-5-8-11-14-19(30-24)15-12-9-6-7-10-13-16-21(23)29-20(17-22)18-28-31(25,26)27/h8,11-12,15,19-20,22,24H,2-7,9-10,13-14,16-18H2,1H3,(H2,25,26,27)/b11-8-,15-12+. The van der Waals surface area contributed by atoms with E-state index in [0.717, 1.165) is 32.1 Å². The molecule has 182 valence electrons. The summed E-state index contributed by atoms with van der Waals surface area (Å²) in [6.07, 6.45) is 16.1. The molecule has 0 saturated heterocycles. The van der Waals surface area contributed by atoms with Gasteiger partial charge in [0, 0.05) is 6.42 Å². The molecule has 0 radical (unpaired) electrons. The minimum absolute atomic E-state index is 0.160. The summed E-state index contributed by atoms with van der Waals surface area (Å²) in [5.41, 5.74) is 0. The number of allylic oxidation sites excluding steroid dienone is 2. The number of rotatable bonds is 20. The van der Waals surface area contributed by atoms with Crippen LogP contribution in [0.3, 0.4) is 0 Å². The van der Waals surface area contributed by atoms with E-state index in [-0.39, 0.29) is 12.5 Å². The Balaban J connectivity index is 3.81. The quantitative estimate of drug-likeness (QED) is 0.0516. The number of aliphatic hydroxyl groups is 1. The smallest absolute Gasteiger partial charge is 0.457 e. The van der Waals surface area contributed by atoms with Crippen molar-refractivity contribution in [3.63, 3.8) is 0 Å². The van der Waals surface area contributed by atoms with Crippen molar-refractivity contribution in [2.45, 2.75) is 89.8 Å². The molecule has 0 spiro atoms. The van der Waals surface area contributed by atoms with Crippen molar-refractivity contribution in [2.75, 3.05) is 13.2 Å². The molecular formula is C21H39O9P. The highest BCUT2D eigenvalue weighted by Crippen LogP contribution is 2.35. The fourth-order valence-electron chi connectivity index (χ4n) is 2.70. The van der Waals surface area contributed by atoms with Gasteiger partial charge in [0.15, 0.2) is 0 Å². The topological polar surface area (TPSA) is 143 Å². The highest BCUT2D eigenvalue weighted by molar-refractivity contribution is 7.46. The summed E-state index contributed by atoms with van der Waals surface area (Å²) >= 11 is 0. The van der Waals surface area contributed by atoms with E-state index in [0.29, 0.717) is 12.8 Å². The van der Waals surface area contributed by atoms with Gasteiger partial charge in [-0.25, -0.2) is 9.45 Å². The Bertz CT molecular complexity index is 545. The van der Waals surface area contributed by atoms with Gasteiger partial charge in [0.25, 0.3) is 0 Å². The molecule has 9 nitrogen and oxygen atoms in total. The maximum atomic E-state index is 11.7. The van der Waals surface area contributed by atoms with Crippen LogP contribution in [0, 0.1) is 0 Å². The zero-order valence-electron chi connectivity index (χ0n) is 18.4. The summed E-state index contributed by atoms with van der Waals surface area (Å²) in [6.45, 7) is 1.03. The number of esters is 1. The number of unbranched alkanes of at least 4 members (excludes halogenated alkanes) is 7. The Kier molecular flexibility index (Phi) is 18.9. The molecule has 0 fully saturated rings. The Morgan fingerprint density at radius 1 is 1.00 bits per heavy atom. The first-order valence-corrected chi connectivity index (χ1v) is 12.5. The Labute approximate surface area is 185 Å². The van der Waals surface area contributed by atoms with Crippen LogP contribution < -0.4 is 0 Å². The van der Waals surface area contributed by atoms with Crippen LogP contribution in [0.2, 0.25) is 0 Å². The number of carbonyl (C=O) groups excluding carboxylic acids is 1. The molecule has 31 heavy (non-hydrogen) atoms. The van der Waals surface area contributed by atoms with E-state index in [1.807, 2.05) is 18.2 Å². The van der Waals surface area contributed by atoms with Crippen molar-refractivity contribution in [1.82, 2.24) is 0 Å². The molecule has 2 atom stereocenters. The number of hydrogen-bond acceptors (Lipinski definition) is 7. The number of ether oxygens (including phenoxy) is 1. The zero-order chi connectivity index (χ0) is 23.4. The van der Waals surface area contributed by atoms with E-state index in [1.54, 1.807) is 0 Å². The van der Waals surface area contributed by atoms with Crippen molar-refractivity contribution in [3.8, 4) is 0 Å². The molecule has 0 rings (SSSR count). The molecule has 0 heterocycles. The lowest BCUT2D eigenvalue weighted by atomic mass is 10.1. The third kappa shape index (κ3) is 20.6. The fraction of sp³-hybridized carbons (Fsp3) is 0.762. The van der Waals surface area contributed by atoms with Crippen LogP contribution >= 0.6 is 7.82 Å². The largest absolute Gasteiger partial charge is 0.469 e. The van der Waals surface area contributed by atoms with Gasteiger partial charge in [0.2, 0.25) is 0 Å². The second kappa shape index (κ2) is 19.6. The molecule has 0 aliphatic rings. The van der Waals surface area contributed by atoms with Crippen LogP contribution in [0.25, 0.3) is 0 Å². The van der Waals surface area contributed by atoms with Crippen molar-refractivity contribution in [1.29, 1.82) is 0 Å². The van der Waals surface area contributed by atoms with Crippen molar-refractivity contribution < 1.29 is 43.7 Å². The van der Waals surface area contributed by atoms with Crippen LogP contribution in [0.4, 0.5) is 0 Å². The summed E-state index contributed by atoms with van der Waals surface area (Å²) in [7, 11) is -4.67. The van der Waals surface area contributed by atoms with Crippen molar-refractivity contribution in [3.05, 3.63) is 24.3 Å². The average molecular weight is 467 g/mol. The molecule has 0 aromatic carbocycles. The molecule has 2 unspecified atom stereocenters. The normalized spacial score (nSPS) is 14.4. The van der Waals surface area contributed by atoms with Crippen LogP contribution in [-0.2, 0) is 23.5 Å². The molecule has 10 heteroatoms. The fourth-order valence-corrected chi connectivity index (χ4v) is 3.06. The molecule has 4 N–H and O–H groups in total. The number of phosphoric ester groups is 1. The SMILES string of the molecule is CCCCC/C=C\CC(/C=C/CCCCCCC(=O)OC(CO)COP(=O)(O)O)OO. The Morgan fingerprint density at radius 2 is 1.68 bits per heavy atom. The van der Waals surface area contributed by atoms with Gasteiger partial charge in [-0.1, -0.05) is 56.9 Å². The first-order valence-electron chi connectivity index (χ1n) is 10.9. The molecule has 0 saturated carbocycles. The van der Waals surface area contributed by atoms with Gasteiger partial charge in [0.1, 0.15) is 12.2 Å². The molecule has 0 aromatic heterocycles. The maximum Gasteiger partial charge on any atom is 0.469 e. The highest BCUT2D eigenvalue weighted by atomic mass is 31.2. The van der Waals surface area contributed by atoms with Gasteiger partial charge in [-0.05, 0) is 38.5 Å². The first-order chi connectivity index (χ1) is 14.8. The number of aliphatic hydroxyl groups excluding tert-OH is 1. The maximum absolute atomic E-state index is 11.7. The van der Waals surface area contributed by atoms with E-state index in [9.17, 15) is 9.36 Å². The molecule has 0 aliphatic carbocycles. The van der Waals surface area contributed by atoms with Crippen molar-refractivity contribution >= 4 is 13.8 Å². The van der Waals surface area contributed by atoms with E-state index >= 15 is 0 Å². The molecule has 0 bridgehead atoms. The van der Waals surface area contributed by atoms with Crippen molar-refractivity contribution in [2.24, 2.45) is 0 Å². The highest BCUT2D eigenvalue weighted by Gasteiger charge is 2.20. The number of phosphoric acid groups is 1. The number of carbonyl (C=O) groups is 1. The van der Waals surface area contributed by atoms with Gasteiger partial charge in [-0.3, -0.25) is 14.6 Å². The zero-order valence-corrected chi connectivity index (χ0v) is 19.3. The second-order valence-electron chi connectivity index (χ2n) is 7.31. The third-order valence-electron chi connectivity index (χ3n) is 4.43. The van der Waals surface area contributed by atoms with Crippen LogP contribution in [-0.4, -0.2) is 51.5 Å². The summed E-state index contributed by atoms with van der Waals surface area (Å²) in [5.74, 6) is -0.543. The molecule has 0 aliphatic heterocycles. The summed E-state index contributed by atoms with van der Waals surface area (Å²) in [5, 5.41) is 18.0. The minimum Gasteiger partial charge on any atom is -0.457 e. The second-order valence-corrected chi connectivity index (χ2v) is 8.55. The van der Waals surface area contributed by atoms with Gasteiger partial charge < -0.3 is 19.6 Å². The third-order valence-corrected chi connectivity index (χ3v) is 4.91. The van der Waals surface area contributed by atoms with Gasteiger partial charge in [0.05, 0.1) is 13.2 Å². The van der Waals surface area contributed by atoms with Crippen LogP contribution in [0.1, 0.15) is 77.6 Å². The lowest BCUT2D eigenvalue weighted by Crippen LogP contribution is -2.26. The summed E-state index contributed by atoms with van der Waals surface area (Å²) in [6, 6.07) is 0. The molecule has 0 aromatic rings. The lowest BCUT2D eigenvalue weighted by Gasteiger charge is -2.15. The monoisotopic (exact) mass is 466 g/mol. The van der Waals surface area contributed by atoms with Crippen LogP contribution in [0.15, 0.2) is 24.3 Å².